The molecule has 2 aromatic rings. The van der Waals surface area contributed by atoms with Gasteiger partial charge in [0.25, 0.3) is 0 Å². The summed E-state index contributed by atoms with van der Waals surface area (Å²) >= 11 is 0. The number of hydrogen-bond acceptors (Lipinski definition) is 2. The number of piperidine rings is 1. The highest BCUT2D eigenvalue weighted by Crippen LogP contribution is 2.40. The first-order chi connectivity index (χ1) is 10.8. The molecular formula is C20H19NO. The zero-order valence-electron chi connectivity index (χ0n) is 12.5. The fourth-order valence-corrected chi connectivity index (χ4v) is 3.74. The van der Waals surface area contributed by atoms with Crippen molar-refractivity contribution < 1.29 is 4.79 Å². The van der Waals surface area contributed by atoms with Gasteiger partial charge in [-0.05, 0) is 22.3 Å². The molecule has 1 N–H and O–H groups in total. The van der Waals surface area contributed by atoms with E-state index < -0.39 is 0 Å². The Morgan fingerprint density at radius 1 is 0.864 bits per heavy atom. The van der Waals surface area contributed by atoms with Crippen molar-refractivity contribution in [1.29, 1.82) is 0 Å². The second-order valence-electron chi connectivity index (χ2n) is 6.10. The van der Waals surface area contributed by atoms with E-state index in [9.17, 15) is 4.79 Å². The summed E-state index contributed by atoms with van der Waals surface area (Å²) in [6.07, 6.45) is 4.99. The summed E-state index contributed by atoms with van der Waals surface area (Å²) in [7, 11) is 0. The van der Waals surface area contributed by atoms with Crippen LogP contribution in [-0.2, 0) is 4.79 Å². The van der Waals surface area contributed by atoms with E-state index in [1.807, 2.05) is 0 Å². The van der Waals surface area contributed by atoms with Crippen molar-refractivity contribution in [3.05, 3.63) is 70.8 Å². The molecule has 110 valence electrons. The van der Waals surface area contributed by atoms with Crippen molar-refractivity contribution >= 4 is 17.9 Å². The quantitative estimate of drug-likeness (QED) is 0.871. The van der Waals surface area contributed by atoms with Crippen LogP contribution in [0.2, 0.25) is 0 Å². The lowest BCUT2D eigenvalue weighted by molar-refractivity contribution is -0.124. The van der Waals surface area contributed by atoms with Crippen molar-refractivity contribution in [2.45, 2.75) is 12.3 Å². The minimum Gasteiger partial charge on any atom is -0.316 e. The van der Waals surface area contributed by atoms with Crippen molar-refractivity contribution in [3.63, 3.8) is 0 Å². The molecular weight excluding hydrogens is 270 g/mol. The summed E-state index contributed by atoms with van der Waals surface area (Å²) in [5.41, 5.74) is 4.99. The monoisotopic (exact) mass is 289 g/mol. The van der Waals surface area contributed by atoms with E-state index in [1.54, 1.807) is 0 Å². The van der Waals surface area contributed by atoms with Crippen molar-refractivity contribution in [2.75, 3.05) is 13.1 Å². The SMILES string of the molecule is O=C1CCNCC1C1c2ccccc2C=Cc2ccccc21. The fraction of sp³-hybridized carbons (Fsp3) is 0.250. The molecule has 1 atom stereocenters. The van der Waals surface area contributed by atoms with Gasteiger partial charge in [0.2, 0.25) is 0 Å². The molecule has 0 radical (unpaired) electrons. The Morgan fingerprint density at radius 2 is 1.45 bits per heavy atom. The predicted octanol–water partition coefficient (Wildman–Crippen LogP) is 3.48. The molecule has 22 heavy (non-hydrogen) atoms. The smallest absolute Gasteiger partial charge is 0.139 e. The number of carbonyl (C=O) groups excluding carboxylic acids is 1. The fourth-order valence-electron chi connectivity index (χ4n) is 3.74. The molecule has 4 rings (SSSR count). The van der Waals surface area contributed by atoms with E-state index >= 15 is 0 Å². The first-order valence-corrected chi connectivity index (χ1v) is 7.94. The van der Waals surface area contributed by atoms with Gasteiger partial charge in [0.1, 0.15) is 5.78 Å². The van der Waals surface area contributed by atoms with Gasteiger partial charge in [0, 0.05) is 31.3 Å². The molecule has 0 saturated carbocycles. The molecule has 0 amide bonds. The van der Waals surface area contributed by atoms with Crippen LogP contribution in [0.15, 0.2) is 48.5 Å². The lowest BCUT2D eigenvalue weighted by Crippen LogP contribution is -2.40. The average molecular weight is 289 g/mol. The van der Waals surface area contributed by atoms with E-state index in [4.69, 9.17) is 0 Å². The van der Waals surface area contributed by atoms with E-state index in [0.717, 1.165) is 13.1 Å². The van der Waals surface area contributed by atoms with Crippen LogP contribution >= 0.6 is 0 Å². The summed E-state index contributed by atoms with van der Waals surface area (Å²) in [6, 6.07) is 16.9. The van der Waals surface area contributed by atoms with E-state index in [-0.39, 0.29) is 11.8 Å². The van der Waals surface area contributed by atoms with Crippen LogP contribution in [0.4, 0.5) is 0 Å². The molecule has 1 heterocycles. The van der Waals surface area contributed by atoms with E-state index in [0.29, 0.717) is 12.2 Å². The molecule has 0 spiro atoms. The average Bonchev–Trinajstić information content (AvgIpc) is 2.73. The Labute approximate surface area is 130 Å². The summed E-state index contributed by atoms with van der Waals surface area (Å²) in [5, 5.41) is 3.40. The maximum atomic E-state index is 12.6. The van der Waals surface area contributed by atoms with Gasteiger partial charge in [0.05, 0.1) is 0 Å². The van der Waals surface area contributed by atoms with Crippen molar-refractivity contribution in [2.24, 2.45) is 5.92 Å². The highest BCUT2D eigenvalue weighted by Gasteiger charge is 2.34. The first kappa shape index (κ1) is 13.5. The summed E-state index contributed by atoms with van der Waals surface area (Å²) in [4.78, 5) is 12.6. The standard InChI is InChI=1S/C20H19NO/c22-19-11-12-21-13-18(19)20-16-7-3-1-5-14(16)9-10-15-6-2-4-8-17(15)20/h1-10,18,20-21H,11-13H2. The molecule has 2 aromatic carbocycles. The Kier molecular flexibility index (Phi) is 3.39. The normalized spacial score (nSPS) is 21.1. The maximum Gasteiger partial charge on any atom is 0.139 e. The zero-order valence-corrected chi connectivity index (χ0v) is 12.5. The van der Waals surface area contributed by atoms with Crippen LogP contribution in [0.5, 0.6) is 0 Å². The third-order valence-corrected chi connectivity index (χ3v) is 4.83. The number of benzene rings is 2. The van der Waals surface area contributed by atoms with Crippen LogP contribution in [0.1, 0.15) is 34.6 Å². The molecule has 2 aliphatic rings. The molecule has 0 bridgehead atoms. The van der Waals surface area contributed by atoms with Gasteiger partial charge in [-0.1, -0.05) is 60.7 Å². The maximum absolute atomic E-state index is 12.6. The largest absolute Gasteiger partial charge is 0.316 e. The van der Waals surface area contributed by atoms with E-state index in [1.165, 1.54) is 22.3 Å². The summed E-state index contributed by atoms with van der Waals surface area (Å²) in [5.74, 6) is 0.550. The minimum absolute atomic E-state index is 0.0240. The Morgan fingerprint density at radius 3 is 2.05 bits per heavy atom. The number of ketones is 1. The topological polar surface area (TPSA) is 29.1 Å². The van der Waals surface area contributed by atoms with Crippen LogP contribution in [0, 0.1) is 5.92 Å². The molecule has 2 heteroatoms. The van der Waals surface area contributed by atoms with E-state index in [2.05, 4.69) is 66.0 Å². The van der Waals surface area contributed by atoms with Gasteiger partial charge in [0.15, 0.2) is 0 Å². The molecule has 0 aromatic heterocycles. The van der Waals surface area contributed by atoms with Crippen LogP contribution < -0.4 is 5.32 Å². The number of Topliss-reactive ketones (excluding diaryl/α,β-unsaturated/α-hetero) is 1. The molecule has 1 saturated heterocycles. The van der Waals surface area contributed by atoms with Gasteiger partial charge in [-0.25, -0.2) is 0 Å². The summed E-state index contributed by atoms with van der Waals surface area (Å²) in [6.45, 7) is 1.58. The van der Waals surface area contributed by atoms with Crippen LogP contribution in [0.25, 0.3) is 12.2 Å². The molecule has 2 nitrogen and oxygen atoms in total. The number of fused-ring (bicyclic) bond motifs is 2. The molecule has 1 unspecified atom stereocenters. The highest BCUT2D eigenvalue weighted by molar-refractivity contribution is 5.86. The Bertz CT molecular complexity index is 697. The molecule has 1 aliphatic heterocycles. The lowest BCUT2D eigenvalue weighted by Gasteiger charge is -2.31. The van der Waals surface area contributed by atoms with Crippen LogP contribution in [0.3, 0.4) is 0 Å². The van der Waals surface area contributed by atoms with Gasteiger partial charge in [-0.15, -0.1) is 0 Å². The Balaban J connectivity index is 1.91. The number of nitrogens with one attached hydrogen (secondary N) is 1. The predicted molar refractivity (Wildman–Crippen MR) is 89.6 cm³/mol. The van der Waals surface area contributed by atoms with Gasteiger partial charge < -0.3 is 5.32 Å². The second-order valence-corrected chi connectivity index (χ2v) is 6.10. The first-order valence-electron chi connectivity index (χ1n) is 7.94. The molecule has 1 aliphatic carbocycles. The van der Waals surface area contributed by atoms with Gasteiger partial charge in [-0.3, -0.25) is 4.79 Å². The van der Waals surface area contributed by atoms with Crippen molar-refractivity contribution in [1.82, 2.24) is 5.32 Å². The lowest BCUT2D eigenvalue weighted by atomic mass is 9.75. The number of carbonyl (C=O) groups is 1. The van der Waals surface area contributed by atoms with Gasteiger partial charge >= 0.3 is 0 Å². The van der Waals surface area contributed by atoms with Crippen molar-refractivity contribution in [3.8, 4) is 0 Å². The Hall–Kier alpha value is -2.19. The minimum atomic E-state index is 0.0240. The third-order valence-electron chi connectivity index (χ3n) is 4.83. The highest BCUT2D eigenvalue weighted by atomic mass is 16.1. The third kappa shape index (κ3) is 2.20. The molecule has 1 fully saturated rings. The zero-order chi connectivity index (χ0) is 14.9. The number of rotatable bonds is 1. The van der Waals surface area contributed by atoms with Gasteiger partial charge in [-0.2, -0.15) is 0 Å². The second kappa shape index (κ2) is 5.54. The van der Waals surface area contributed by atoms with Crippen LogP contribution in [-0.4, -0.2) is 18.9 Å². The summed E-state index contributed by atoms with van der Waals surface area (Å²) < 4.78 is 0. The number of hydrogen-bond donors (Lipinski definition) is 1.